The summed E-state index contributed by atoms with van der Waals surface area (Å²) in [5, 5.41) is 20.8. The predicted octanol–water partition coefficient (Wildman–Crippen LogP) is 7.54. The number of carbonyl (C=O) groups is 2. The Morgan fingerprint density at radius 2 is 0.907 bits per heavy atom. The molecule has 21 nitrogen and oxygen atoms in total. The Morgan fingerprint density at radius 3 is 1.23 bits per heavy atom. The number of rotatable bonds is 10. The molecule has 11 rings (SSSR count). The smallest absolute Gasteiger partial charge is 0.410 e. The number of aliphatic hydroxyl groups excluding tert-OH is 1. The Labute approximate surface area is 503 Å². The monoisotopic (exact) mass is 1230 g/mol. The van der Waals surface area contributed by atoms with E-state index in [2.05, 4.69) is 28.1 Å². The van der Waals surface area contributed by atoms with Crippen molar-refractivity contribution in [1.29, 1.82) is 0 Å². The molecule has 0 aromatic heterocycles. The van der Waals surface area contributed by atoms with Crippen LogP contribution in [0.1, 0.15) is 47.1 Å². The Kier molecular flexibility index (Phi) is 25.8. The highest BCUT2D eigenvalue weighted by Crippen LogP contribution is 2.29. The minimum atomic E-state index is -3.62. The fraction of sp³-hybridized carbons (Fsp3) is 0.541. The first-order chi connectivity index (χ1) is 40.9. The average molecular weight is 1230 g/mol. The molecular formula is C61H85F3N6O15S. The van der Waals surface area contributed by atoms with Gasteiger partial charge in [0.05, 0.1) is 74.8 Å². The van der Waals surface area contributed by atoms with Crippen LogP contribution in [-0.2, 0) is 42.7 Å². The van der Waals surface area contributed by atoms with Gasteiger partial charge < -0.3 is 77.9 Å². The Balaban J connectivity index is 0.000000179. The van der Waals surface area contributed by atoms with Crippen molar-refractivity contribution in [2.45, 2.75) is 89.0 Å². The first-order valence-corrected chi connectivity index (χ1v) is 30.1. The van der Waals surface area contributed by atoms with Crippen molar-refractivity contribution >= 4 is 39.4 Å². The third-order valence-electron chi connectivity index (χ3n) is 13.4. The fourth-order valence-electron chi connectivity index (χ4n) is 8.59. The standard InChI is InChI=1S/C18H25FN2O4.C15H21FN2O3.C13H17FN2O2.C10H12O4S.C3H6O2.C2H4/c1-18(2,3)25-17(22)21-8-6-20(7-9-21)16-5-4-13(10-15(16)19)24-14-11-23-12-14;1-15(2,3)21-14(20)18-8-6-17(7-9-18)13-5-4-11(19)10-12(13)16;14-12-7-10(18-11-8-17-9-11)1-2-13(12)16-5-3-15-4-6-16;1-8-2-4-10(5-3-8)15(11,12)14-9-6-13-7-9;4-3-1-5-2-3;1-2/h4-5,10,14H,6-9,11-12H2,1-3H3;4-5,10,19H,6-9H2,1-3H3;1-2,7,11,15H,3-6,8-9H2;2-5,9H,6-7H2,1H3;3-4H,1-2H2;1-2H2. The van der Waals surface area contributed by atoms with Crippen molar-refractivity contribution in [2.24, 2.45) is 0 Å². The number of aliphatic hydroxyl groups is 1. The molecule has 476 valence electrons. The molecule has 25 heteroatoms. The molecule has 0 unspecified atom stereocenters. The molecule has 3 N–H and O–H groups in total. The fourth-order valence-corrected chi connectivity index (χ4v) is 9.64. The summed E-state index contributed by atoms with van der Waals surface area (Å²) >= 11 is 0. The number of nitrogens with one attached hydrogen (secondary N) is 1. The minimum Gasteiger partial charge on any atom is -0.508 e. The number of amides is 2. The number of benzene rings is 4. The third-order valence-corrected chi connectivity index (χ3v) is 14.8. The lowest BCUT2D eigenvalue weighted by Gasteiger charge is -2.37. The number of aryl methyl sites for hydroxylation is 1. The number of piperazine rings is 3. The Morgan fingerprint density at radius 1 is 0.547 bits per heavy atom. The average Bonchev–Trinajstić information content (AvgIpc) is 3.49. The van der Waals surface area contributed by atoms with E-state index >= 15 is 0 Å². The normalized spacial score (nSPS) is 18.2. The summed E-state index contributed by atoms with van der Waals surface area (Å²) in [6, 6.07) is 20.7. The van der Waals surface area contributed by atoms with E-state index in [-0.39, 0.29) is 58.9 Å². The van der Waals surface area contributed by atoms with Gasteiger partial charge in [-0.05, 0) is 97.0 Å². The third kappa shape index (κ3) is 22.0. The molecule has 7 fully saturated rings. The summed E-state index contributed by atoms with van der Waals surface area (Å²) in [4.78, 5) is 33.4. The molecule has 7 heterocycles. The van der Waals surface area contributed by atoms with Gasteiger partial charge in [-0.3, -0.25) is 4.18 Å². The van der Waals surface area contributed by atoms with E-state index < -0.39 is 27.1 Å². The van der Waals surface area contributed by atoms with E-state index in [1.54, 1.807) is 58.3 Å². The topological polar surface area (TPSA) is 220 Å². The molecule has 7 aliphatic heterocycles. The summed E-state index contributed by atoms with van der Waals surface area (Å²) in [5.74, 6) is 0.0177. The highest BCUT2D eigenvalue weighted by Gasteiger charge is 2.31. The molecule has 0 atom stereocenters. The maximum absolute atomic E-state index is 14.4. The number of ether oxygens (including phenoxy) is 8. The van der Waals surface area contributed by atoms with Crippen molar-refractivity contribution in [1.82, 2.24) is 15.1 Å². The number of aromatic hydroxyl groups is 1. The maximum Gasteiger partial charge on any atom is 0.410 e. The molecule has 0 bridgehead atoms. The number of nitrogens with zero attached hydrogens (tertiary/aromatic N) is 5. The van der Waals surface area contributed by atoms with E-state index in [4.69, 9.17) is 42.4 Å². The van der Waals surface area contributed by atoms with Gasteiger partial charge in [0, 0.05) is 96.7 Å². The van der Waals surface area contributed by atoms with Crippen LogP contribution in [0.5, 0.6) is 17.2 Å². The van der Waals surface area contributed by atoms with Gasteiger partial charge in [0.15, 0.2) is 0 Å². The molecule has 0 radical (unpaired) electrons. The molecule has 0 saturated carbocycles. The highest BCUT2D eigenvalue weighted by molar-refractivity contribution is 7.86. The van der Waals surface area contributed by atoms with Crippen LogP contribution < -0.4 is 29.5 Å². The summed E-state index contributed by atoms with van der Waals surface area (Å²) < 4.78 is 112. The summed E-state index contributed by atoms with van der Waals surface area (Å²) in [7, 11) is -3.62. The lowest BCUT2D eigenvalue weighted by molar-refractivity contribution is -0.0936. The number of hydrogen-bond donors (Lipinski definition) is 3. The van der Waals surface area contributed by atoms with Crippen LogP contribution in [0.3, 0.4) is 0 Å². The van der Waals surface area contributed by atoms with Gasteiger partial charge in [-0.2, -0.15) is 8.42 Å². The van der Waals surface area contributed by atoms with Crippen molar-refractivity contribution in [3.8, 4) is 17.2 Å². The van der Waals surface area contributed by atoms with Crippen LogP contribution in [0.25, 0.3) is 0 Å². The minimum absolute atomic E-state index is 0.0163. The van der Waals surface area contributed by atoms with Crippen LogP contribution in [0.15, 0.2) is 96.9 Å². The van der Waals surface area contributed by atoms with Crippen molar-refractivity contribution in [2.75, 3.05) is 146 Å². The molecule has 4 aromatic rings. The second kappa shape index (κ2) is 32.4. The highest BCUT2D eigenvalue weighted by atomic mass is 32.2. The zero-order valence-corrected chi connectivity index (χ0v) is 51.2. The van der Waals surface area contributed by atoms with Crippen LogP contribution in [0.4, 0.5) is 39.8 Å². The van der Waals surface area contributed by atoms with E-state index in [1.807, 2.05) is 64.3 Å². The lowest BCUT2D eigenvalue weighted by Crippen LogP contribution is -2.50. The zero-order valence-electron chi connectivity index (χ0n) is 50.4. The molecule has 86 heavy (non-hydrogen) atoms. The SMILES string of the molecule is C=C.CC(C)(C)OC(=O)N1CCN(c2ccc(O)cc2F)CC1.CC(C)(C)OC(=O)N1CCN(c2ccc(OC3COC3)cc2F)CC1.Cc1ccc(S(=O)(=O)OC2COC2)cc1.Fc1cc(OC2COC2)ccc1N1CCNCC1.OC1COC1. The molecule has 0 spiro atoms. The number of phenols is 1. The van der Waals surface area contributed by atoms with Gasteiger partial charge in [-0.1, -0.05) is 17.7 Å². The van der Waals surface area contributed by atoms with Gasteiger partial charge in [0.1, 0.15) is 70.3 Å². The first-order valence-electron chi connectivity index (χ1n) is 28.7. The lowest BCUT2D eigenvalue weighted by atomic mass is 10.2. The molecule has 2 amide bonds. The van der Waals surface area contributed by atoms with Crippen molar-refractivity contribution in [3.63, 3.8) is 0 Å². The second-order valence-electron chi connectivity index (χ2n) is 22.8. The number of phenolic OH excluding ortho intramolecular Hbond substituents is 1. The number of halogens is 3. The number of carbonyl (C=O) groups excluding carboxylic acids is 2. The van der Waals surface area contributed by atoms with Gasteiger partial charge >= 0.3 is 12.2 Å². The molecular weight excluding hydrogens is 1150 g/mol. The predicted molar refractivity (Wildman–Crippen MR) is 319 cm³/mol. The second-order valence-corrected chi connectivity index (χ2v) is 24.3. The number of anilines is 3. The molecule has 7 aliphatic rings. The van der Waals surface area contributed by atoms with Crippen LogP contribution in [0, 0.1) is 24.4 Å². The maximum atomic E-state index is 14.4. The van der Waals surface area contributed by atoms with Crippen molar-refractivity contribution < 1.29 is 83.5 Å². The van der Waals surface area contributed by atoms with Crippen LogP contribution in [0.2, 0.25) is 0 Å². The quantitative estimate of drug-likeness (QED) is 0.103. The molecule has 7 saturated heterocycles. The number of hydrogen-bond acceptors (Lipinski definition) is 19. The molecule has 0 aliphatic carbocycles. The van der Waals surface area contributed by atoms with Gasteiger partial charge in [0.2, 0.25) is 0 Å². The summed E-state index contributed by atoms with van der Waals surface area (Å²) in [5.41, 5.74) is 1.62. The van der Waals surface area contributed by atoms with E-state index in [1.165, 1.54) is 18.2 Å². The summed E-state index contributed by atoms with van der Waals surface area (Å²) in [6.07, 6.45) is -1.05. The van der Waals surface area contributed by atoms with Gasteiger partial charge in [0.25, 0.3) is 10.1 Å². The van der Waals surface area contributed by atoms with E-state index in [0.717, 1.165) is 37.8 Å². The zero-order chi connectivity index (χ0) is 62.6. The Hall–Kier alpha value is -6.58. The van der Waals surface area contributed by atoms with Gasteiger partial charge in [-0.15, -0.1) is 13.2 Å². The Bertz CT molecular complexity index is 2860. The van der Waals surface area contributed by atoms with Gasteiger partial charge in [-0.25, -0.2) is 22.8 Å². The van der Waals surface area contributed by atoms with E-state index in [0.29, 0.717) is 134 Å². The van der Waals surface area contributed by atoms with Crippen molar-refractivity contribution in [3.05, 3.63) is 115 Å². The van der Waals surface area contributed by atoms with Crippen LogP contribution in [-0.4, -0.2) is 208 Å². The van der Waals surface area contributed by atoms with E-state index in [9.17, 15) is 36.3 Å². The summed E-state index contributed by atoms with van der Waals surface area (Å²) in [6.45, 7) is 30.6. The van der Waals surface area contributed by atoms with Crippen LogP contribution >= 0.6 is 0 Å². The molecule has 4 aromatic carbocycles. The largest absolute Gasteiger partial charge is 0.508 e. The first kappa shape index (κ1) is 68.5.